The Balaban J connectivity index is 1.41. The number of hydrogen-bond donors (Lipinski definition) is 2. The monoisotopic (exact) mass is 471 g/mol. The molecule has 0 atom stereocenters. The topological polar surface area (TPSA) is 94.5 Å². The molecular weight excluding hydrogens is 454 g/mol. The molecule has 7 heteroatoms. The van der Waals surface area contributed by atoms with E-state index in [1.807, 2.05) is 42.6 Å². The molecule has 0 aliphatic heterocycles. The Hall–Kier alpha value is -3.50. The molecule has 152 valence electrons. The molecule has 0 unspecified atom stereocenters. The molecule has 2 aromatic carbocycles. The Kier molecular flexibility index (Phi) is 4.79. The van der Waals surface area contributed by atoms with Crippen LogP contribution in [0.1, 0.15) is 46.6 Å². The lowest BCUT2D eigenvalue weighted by Crippen LogP contribution is -2.36. The average Bonchev–Trinajstić information content (AvgIpc) is 3.20. The highest BCUT2D eigenvalue weighted by molar-refractivity contribution is 9.10. The lowest BCUT2D eigenvalue weighted by atomic mass is 9.64. The van der Waals surface area contributed by atoms with Gasteiger partial charge in [-0.1, -0.05) is 24.6 Å². The summed E-state index contributed by atoms with van der Waals surface area (Å²) in [5.74, 6) is 1.13. The number of aromatic amines is 1. The van der Waals surface area contributed by atoms with E-state index in [2.05, 4.69) is 31.2 Å². The van der Waals surface area contributed by atoms with E-state index in [1.165, 1.54) is 0 Å². The summed E-state index contributed by atoms with van der Waals surface area (Å²) in [6, 6.07) is 18.5. The number of imidazole rings is 1. The van der Waals surface area contributed by atoms with Gasteiger partial charge in [0.05, 0.1) is 22.6 Å². The molecule has 2 aromatic heterocycles. The molecule has 0 saturated heterocycles. The smallest absolute Gasteiger partial charge is 0.256 e. The zero-order valence-corrected chi connectivity index (χ0v) is 18.1. The van der Waals surface area contributed by atoms with Crippen LogP contribution < -0.4 is 5.32 Å². The second kappa shape index (κ2) is 7.64. The quantitative estimate of drug-likeness (QED) is 0.421. The number of aromatic nitrogens is 3. The number of fused-ring (bicyclic) bond motifs is 1. The standard InChI is InChI=1S/C24H18BrN5O/c25-18-6-2-7-19-21(18)30-23(28-19)24(10-3-11-24)17-8-9-20(27-14-17)29-22(31)16-5-1-4-15(12-16)13-26/h1-2,4-9,12,14H,3,10-11H2,(H,28,30)(H,27,29,31). The van der Waals surface area contributed by atoms with Crippen molar-refractivity contribution in [3.05, 3.63) is 87.8 Å². The third-order valence-electron chi connectivity index (χ3n) is 5.94. The van der Waals surface area contributed by atoms with Gasteiger partial charge < -0.3 is 10.3 Å². The molecule has 0 spiro atoms. The van der Waals surface area contributed by atoms with E-state index in [-0.39, 0.29) is 11.3 Å². The minimum Gasteiger partial charge on any atom is -0.341 e. The van der Waals surface area contributed by atoms with Crippen LogP contribution in [0.3, 0.4) is 0 Å². The number of carbonyl (C=O) groups excluding carboxylic acids is 1. The van der Waals surface area contributed by atoms with Gasteiger partial charge in [-0.15, -0.1) is 0 Å². The number of H-pyrrole nitrogens is 1. The Morgan fingerprint density at radius 1 is 1.16 bits per heavy atom. The number of nitriles is 1. The number of carbonyl (C=O) groups is 1. The molecule has 0 bridgehead atoms. The summed E-state index contributed by atoms with van der Waals surface area (Å²) in [5.41, 5.74) is 3.70. The third kappa shape index (κ3) is 3.39. The van der Waals surface area contributed by atoms with Crippen molar-refractivity contribution >= 4 is 38.7 Å². The molecule has 31 heavy (non-hydrogen) atoms. The molecule has 1 aliphatic carbocycles. The second-order valence-electron chi connectivity index (χ2n) is 7.74. The van der Waals surface area contributed by atoms with Gasteiger partial charge in [-0.25, -0.2) is 9.97 Å². The van der Waals surface area contributed by atoms with Crippen LogP contribution in [0, 0.1) is 11.3 Å². The molecule has 1 saturated carbocycles. The first-order valence-corrected chi connectivity index (χ1v) is 10.8. The van der Waals surface area contributed by atoms with Gasteiger partial charge in [0.2, 0.25) is 0 Å². The number of nitrogens with one attached hydrogen (secondary N) is 2. The molecule has 1 amide bonds. The maximum Gasteiger partial charge on any atom is 0.256 e. The van der Waals surface area contributed by atoms with Crippen molar-refractivity contribution in [1.29, 1.82) is 5.26 Å². The van der Waals surface area contributed by atoms with Gasteiger partial charge >= 0.3 is 0 Å². The van der Waals surface area contributed by atoms with Crippen LogP contribution in [0.2, 0.25) is 0 Å². The Morgan fingerprint density at radius 3 is 2.68 bits per heavy atom. The summed E-state index contributed by atoms with van der Waals surface area (Å²) in [6.45, 7) is 0. The van der Waals surface area contributed by atoms with Crippen LogP contribution in [0.5, 0.6) is 0 Å². The number of hydrogen-bond acceptors (Lipinski definition) is 4. The summed E-state index contributed by atoms with van der Waals surface area (Å²) in [7, 11) is 0. The van der Waals surface area contributed by atoms with Crippen LogP contribution >= 0.6 is 15.9 Å². The van der Waals surface area contributed by atoms with E-state index in [1.54, 1.807) is 24.3 Å². The van der Waals surface area contributed by atoms with Crippen molar-refractivity contribution in [1.82, 2.24) is 15.0 Å². The number of anilines is 1. The minimum atomic E-state index is -0.294. The number of rotatable bonds is 4. The zero-order chi connectivity index (χ0) is 21.4. The largest absolute Gasteiger partial charge is 0.341 e. The van der Waals surface area contributed by atoms with Crippen LogP contribution in [0.15, 0.2) is 65.3 Å². The van der Waals surface area contributed by atoms with Crippen LogP contribution in [-0.4, -0.2) is 20.9 Å². The van der Waals surface area contributed by atoms with E-state index in [9.17, 15) is 4.79 Å². The average molecular weight is 472 g/mol. The lowest BCUT2D eigenvalue weighted by Gasteiger charge is -2.40. The number of benzene rings is 2. The Bertz CT molecular complexity index is 1330. The molecule has 5 rings (SSSR count). The molecule has 6 nitrogen and oxygen atoms in total. The van der Waals surface area contributed by atoms with Gasteiger partial charge in [0.1, 0.15) is 17.2 Å². The maximum atomic E-state index is 12.5. The predicted molar refractivity (Wildman–Crippen MR) is 122 cm³/mol. The summed E-state index contributed by atoms with van der Waals surface area (Å²) in [5, 5.41) is 11.8. The van der Waals surface area contributed by atoms with Crippen LogP contribution in [0.25, 0.3) is 11.0 Å². The highest BCUT2D eigenvalue weighted by Crippen LogP contribution is 2.48. The third-order valence-corrected chi connectivity index (χ3v) is 6.58. The highest BCUT2D eigenvalue weighted by Gasteiger charge is 2.43. The number of pyridine rings is 1. The van der Waals surface area contributed by atoms with Gasteiger partial charge in [0.15, 0.2) is 0 Å². The van der Waals surface area contributed by atoms with Crippen molar-refractivity contribution in [3.63, 3.8) is 0 Å². The number of halogens is 1. The normalized spacial score (nSPS) is 14.6. The summed E-state index contributed by atoms with van der Waals surface area (Å²) >= 11 is 3.58. The molecule has 1 aliphatic rings. The van der Waals surface area contributed by atoms with Crippen LogP contribution in [-0.2, 0) is 5.41 Å². The molecule has 1 fully saturated rings. The van der Waals surface area contributed by atoms with Crippen molar-refractivity contribution in [2.45, 2.75) is 24.7 Å². The van der Waals surface area contributed by atoms with E-state index < -0.39 is 0 Å². The number of nitrogens with zero attached hydrogens (tertiary/aromatic N) is 3. The Morgan fingerprint density at radius 2 is 2.00 bits per heavy atom. The van der Waals surface area contributed by atoms with Gasteiger partial charge in [0.25, 0.3) is 5.91 Å². The van der Waals surface area contributed by atoms with Gasteiger partial charge in [-0.3, -0.25) is 4.79 Å². The maximum absolute atomic E-state index is 12.5. The first-order valence-electron chi connectivity index (χ1n) is 10.0. The molecule has 0 radical (unpaired) electrons. The fraction of sp³-hybridized carbons (Fsp3) is 0.167. The van der Waals surface area contributed by atoms with Gasteiger partial charge in [-0.2, -0.15) is 5.26 Å². The molecular formula is C24H18BrN5O. The SMILES string of the molecule is N#Cc1cccc(C(=O)Nc2ccc(C3(c4nc5c(Br)cccc5[nH]4)CCC3)cn2)c1. The Labute approximate surface area is 187 Å². The summed E-state index contributed by atoms with van der Waals surface area (Å²) in [6.07, 6.45) is 4.95. The zero-order valence-electron chi connectivity index (χ0n) is 16.5. The van der Waals surface area contributed by atoms with Gasteiger partial charge in [-0.05, 0) is 70.7 Å². The van der Waals surface area contributed by atoms with Crippen molar-refractivity contribution in [3.8, 4) is 6.07 Å². The van der Waals surface area contributed by atoms with Gasteiger partial charge in [0, 0.05) is 16.2 Å². The van der Waals surface area contributed by atoms with Crippen LogP contribution in [0.4, 0.5) is 5.82 Å². The summed E-state index contributed by atoms with van der Waals surface area (Å²) < 4.78 is 0.971. The van der Waals surface area contributed by atoms with Crippen molar-refractivity contribution in [2.24, 2.45) is 0 Å². The second-order valence-corrected chi connectivity index (χ2v) is 8.59. The van der Waals surface area contributed by atoms with E-state index in [4.69, 9.17) is 10.2 Å². The van der Waals surface area contributed by atoms with E-state index in [0.29, 0.717) is 16.9 Å². The van der Waals surface area contributed by atoms with E-state index >= 15 is 0 Å². The first-order chi connectivity index (χ1) is 15.1. The molecule has 2 N–H and O–H groups in total. The number of amides is 1. The first kappa shape index (κ1) is 19.5. The van der Waals surface area contributed by atoms with E-state index in [0.717, 1.165) is 46.2 Å². The predicted octanol–water partition coefficient (Wildman–Crippen LogP) is 5.31. The fourth-order valence-corrected chi connectivity index (χ4v) is 4.54. The number of para-hydroxylation sites is 1. The van der Waals surface area contributed by atoms with Crippen molar-refractivity contribution in [2.75, 3.05) is 5.32 Å². The highest BCUT2D eigenvalue weighted by atomic mass is 79.9. The molecule has 4 aromatic rings. The van der Waals surface area contributed by atoms with Crippen molar-refractivity contribution < 1.29 is 4.79 Å². The fourth-order valence-electron chi connectivity index (χ4n) is 4.09. The molecule has 2 heterocycles. The summed E-state index contributed by atoms with van der Waals surface area (Å²) in [4.78, 5) is 25.4. The minimum absolute atomic E-state index is 0.185. The lowest BCUT2D eigenvalue weighted by molar-refractivity contribution is 0.102.